The maximum absolute atomic E-state index is 13.9. The first-order chi connectivity index (χ1) is 9.99. The molecule has 0 aliphatic carbocycles. The van der Waals surface area contributed by atoms with Gasteiger partial charge in [0, 0.05) is 22.3 Å². The van der Waals surface area contributed by atoms with Crippen LogP contribution in [0.15, 0.2) is 35.1 Å². The number of carbonyl (C=O) groups excluding carboxylic acids is 1. The number of nitrogens with zero attached hydrogens (tertiary/aromatic N) is 1. The number of fused-ring (bicyclic) bond motifs is 1. The number of ketones is 1. The van der Waals surface area contributed by atoms with Crippen LogP contribution in [0.3, 0.4) is 0 Å². The summed E-state index contributed by atoms with van der Waals surface area (Å²) < 4.78 is 28.0. The lowest BCUT2D eigenvalue weighted by Crippen LogP contribution is -2.07. The fourth-order valence-corrected chi connectivity index (χ4v) is 2.74. The van der Waals surface area contributed by atoms with Crippen LogP contribution >= 0.6 is 27.5 Å². The summed E-state index contributed by atoms with van der Waals surface area (Å²) in [6, 6.07) is 3.57. The predicted octanol–water partition coefficient (Wildman–Crippen LogP) is 4.49. The molecule has 7 heteroatoms. The second kappa shape index (κ2) is 5.20. The van der Waals surface area contributed by atoms with Crippen LogP contribution in [0.4, 0.5) is 8.78 Å². The summed E-state index contributed by atoms with van der Waals surface area (Å²) in [7, 11) is 0. The van der Waals surface area contributed by atoms with E-state index in [1.165, 1.54) is 18.5 Å². The zero-order chi connectivity index (χ0) is 15.1. The molecule has 0 atom stereocenters. The fraction of sp³-hybridized carbons (Fsp3) is 0. The molecule has 0 radical (unpaired) electrons. The minimum Gasteiger partial charge on any atom is -0.345 e. The Hall–Kier alpha value is -1.79. The van der Waals surface area contributed by atoms with Gasteiger partial charge in [-0.05, 0) is 18.2 Å². The molecule has 0 unspecified atom stereocenters. The molecule has 0 aliphatic rings. The monoisotopic (exact) mass is 370 g/mol. The third-order valence-electron chi connectivity index (χ3n) is 3.00. The number of aromatic nitrogens is 2. The van der Waals surface area contributed by atoms with E-state index >= 15 is 0 Å². The molecule has 0 spiro atoms. The molecular weight excluding hydrogens is 366 g/mol. The zero-order valence-corrected chi connectivity index (χ0v) is 12.6. The fourth-order valence-electron chi connectivity index (χ4n) is 2.09. The van der Waals surface area contributed by atoms with E-state index in [9.17, 15) is 13.6 Å². The van der Waals surface area contributed by atoms with Gasteiger partial charge in [-0.15, -0.1) is 0 Å². The van der Waals surface area contributed by atoms with Crippen molar-refractivity contribution in [1.29, 1.82) is 0 Å². The maximum Gasteiger partial charge on any atom is 0.201 e. The predicted molar refractivity (Wildman–Crippen MR) is 78.6 cm³/mol. The summed E-state index contributed by atoms with van der Waals surface area (Å²) in [6.07, 6.45) is 2.81. The largest absolute Gasteiger partial charge is 0.345 e. The van der Waals surface area contributed by atoms with Gasteiger partial charge in [-0.25, -0.2) is 13.8 Å². The second-order valence-electron chi connectivity index (χ2n) is 4.29. The highest BCUT2D eigenvalue weighted by atomic mass is 79.9. The second-order valence-corrected chi connectivity index (χ2v) is 5.62. The molecule has 3 rings (SSSR count). The standard InChI is InChI=1S/C14H6BrClF2N2O/c15-6-3-9(17)12(10(18)4-6)13(21)7-5-20-14-11(7)8(16)1-2-19-14/h1-5H,(H,19,20). The number of rotatable bonds is 2. The molecule has 0 saturated carbocycles. The van der Waals surface area contributed by atoms with Crippen molar-refractivity contribution in [3.63, 3.8) is 0 Å². The highest BCUT2D eigenvalue weighted by Gasteiger charge is 2.23. The first-order valence-electron chi connectivity index (χ1n) is 5.80. The lowest BCUT2D eigenvalue weighted by molar-refractivity contribution is 0.103. The van der Waals surface area contributed by atoms with Gasteiger partial charge in [0.25, 0.3) is 0 Å². The number of hydrogen-bond donors (Lipinski definition) is 1. The van der Waals surface area contributed by atoms with Crippen molar-refractivity contribution in [3.05, 3.63) is 62.8 Å². The van der Waals surface area contributed by atoms with Gasteiger partial charge in [0.15, 0.2) is 0 Å². The van der Waals surface area contributed by atoms with Crippen molar-refractivity contribution in [3.8, 4) is 0 Å². The number of pyridine rings is 1. The van der Waals surface area contributed by atoms with Gasteiger partial charge in [0.05, 0.1) is 16.1 Å². The molecule has 0 saturated heterocycles. The molecule has 21 heavy (non-hydrogen) atoms. The van der Waals surface area contributed by atoms with Crippen LogP contribution in [0.1, 0.15) is 15.9 Å². The normalized spacial score (nSPS) is 11.0. The number of hydrogen-bond acceptors (Lipinski definition) is 2. The van der Waals surface area contributed by atoms with Crippen molar-refractivity contribution in [2.75, 3.05) is 0 Å². The number of H-pyrrole nitrogens is 1. The first kappa shape index (κ1) is 14.2. The molecule has 0 aliphatic heterocycles. The van der Waals surface area contributed by atoms with Gasteiger partial charge in [-0.2, -0.15) is 0 Å². The van der Waals surface area contributed by atoms with Crippen LogP contribution in [0, 0.1) is 11.6 Å². The van der Waals surface area contributed by atoms with E-state index in [4.69, 9.17) is 11.6 Å². The van der Waals surface area contributed by atoms with E-state index in [2.05, 4.69) is 25.9 Å². The Morgan fingerprint density at radius 1 is 1.29 bits per heavy atom. The average Bonchev–Trinajstić information content (AvgIpc) is 2.82. The Morgan fingerprint density at radius 3 is 2.62 bits per heavy atom. The average molecular weight is 372 g/mol. The SMILES string of the molecule is O=C(c1c(F)cc(Br)cc1F)c1c[nH]c2nccc(Cl)c12. The van der Waals surface area contributed by atoms with Gasteiger partial charge >= 0.3 is 0 Å². The Labute approximate surface area is 131 Å². The number of carbonyl (C=O) groups is 1. The summed E-state index contributed by atoms with van der Waals surface area (Å²) in [6.45, 7) is 0. The van der Waals surface area contributed by atoms with Crippen molar-refractivity contribution >= 4 is 44.3 Å². The maximum atomic E-state index is 13.9. The molecule has 2 heterocycles. The summed E-state index contributed by atoms with van der Waals surface area (Å²) in [5.74, 6) is -2.68. The van der Waals surface area contributed by atoms with E-state index in [1.54, 1.807) is 0 Å². The number of aromatic amines is 1. The summed E-state index contributed by atoms with van der Waals surface area (Å²) in [4.78, 5) is 19.2. The highest BCUT2D eigenvalue weighted by molar-refractivity contribution is 9.10. The molecule has 3 nitrogen and oxygen atoms in total. The quantitative estimate of drug-likeness (QED) is 0.675. The van der Waals surface area contributed by atoms with E-state index < -0.39 is 23.0 Å². The van der Waals surface area contributed by atoms with Crippen molar-refractivity contribution in [2.24, 2.45) is 0 Å². The number of benzene rings is 1. The van der Waals surface area contributed by atoms with E-state index in [0.29, 0.717) is 11.0 Å². The molecule has 2 aromatic heterocycles. The van der Waals surface area contributed by atoms with Crippen molar-refractivity contribution < 1.29 is 13.6 Å². The Kier molecular flexibility index (Phi) is 3.51. The van der Waals surface area contributed by atoms with Gasteiger partial charge < -0.3 is 4.98 Å². The minimum atomic E-state index is -0.943. The molecule has 0 amide bonds. The zero-order valence-electron chi connectivity index (χ0n) is 10.3. The van der Waals surface area contributed by atoms with Crippen LogP contribution in [-0.4, -0.2) is 15.8 Å². The van der Waals surface area contributed by atoms with E-state index in [1.807, 2.05) is 0 Å². The Bertz CT molecular complexity index is 856. The molecule has 3 aromatic rings. The first-order valence-corrected chi connectivity index (χ1v) is 6.97. The van der Waals surface area contributed by atoms with Crippen molar-refractivity contribution in [2.45, 2.75) is 0 Å². The van der Waals surface area contributed by atoms with E-state index in [-0.39, 0.29) is 15.1 Å². The third-order valence-corrected chi connectivity index (χ3v) is 3.77. The van der Waals surface area contributed by atoms with Gasteiger partial charge in [0.1, 0.15) is 17.3 Å². The van der Waals surface area contributed by atoms with Gasteiger partial charge in [0.2, 0.25) is 5.78 Å². The van der Waals surface area contributed by atoms with E-state index in [0.717, 1.165) is 12.1 Å². The van der Waals surface area contributed by atoms with Crippen LogP contribution in [0.25, 0.3) is 11.0 Å². The van der Waals surface area contributed by atoms with Crippen LogP contribution in [0.2, 0.25) is 5.02 Å². The molecule has 0 fully saturated rings. The lowest BCUT2D eigenvalue weighted by Gasteiger charge is -2.05. The highest BCUT2D eigenvalue weighted by Crippen LogP contribution is 2.29. The number of halogens is 4. The van der Waals surface area contributed by atoms with Gasteiger partial charge in [-0.3, -0.25) is 4.79 Å². The summed E-state index contributed by atoms with van der Waals surface area (Å²) in [5, 5.41) is 0.619. The summed E-state index contributed by atoms with van der Waals surface area (Å²) in [5.41, 5.74) is -0.175. The van der Waals surface area contributed by atoms with Gasteiger partial charge in [-0.1, -0.05) is 27.5 Å². The summed E-state index contributed by atoms with van der Waals surface area (Å²) >= 11 is 9.00. The van der Waals surface area contributed by atoms with Crippen LogP contribution < -0.4 is 0 Å². The molecular formula is C14H6BrClF2N2O. The molecule has 1 aromatic carbocycles. The number of nitrogens with one attached hydrogen (secondary N) is 1. The smallest absolute Gasteiger partial charge is 0.201 e. The third kappa shape index (κ3) is 2.34. The lowest BCUT2D eigenvalue weighted by atomic mass is 10.0. The van der Waals surface area contributed by atoms with Crippen LogP contribution in [0.5, 0.6) is 0 Å². The molecule has 1 N–H and O–H groups in total. The molecule has 106 valence electrons. The Balaban J connectivity index is 2.23. The molecule has 0 bridgehead atoms. The topological polar surface area (TPSA) is 45.8 Å². The minimum absolute atomic E-state index is 0.0724. The van der Waals surface area contributed by atoms with Crippen LogP contribution in [-0.2, 0) is 0 Å². The van der Waals surface area contributed by atoms with Crippen molar-refractivity contribution in [1.82, 2.24) is 9.97 Å². The Morgan fingerprint density at radius 2 is 1.95 bits per heavy atom.